The van der Waals surface area contributed by atoms with Crippen molar-refractivity contribution in [3.63, 3.8) is 0 Å². The maximum atomic E-state index is 12.9. The van der Waals surface area contributed by atoms with E-state index in [2.05, 4.69) is 28.0 Å². The number of thiazole rings is 1. The number of ether oxygens (including phenoxy) is 1. The number of halogens is 2. The molecule has 0 spiro atoms. The third-order valence-corrected chi connectivity index (χ3v) is 9.51. The van der Waals surface area contributed by atoms with Crippen LogP contribution >= 0.6 is 34.5 Å². The number of aromatic nitrogens is 1. The zero-order valence-electron chi connectivity index (χ0n) is 21.7. The summed E-state index contributed by atoms with van der Waals surface area (Å²) in [6.45, 7) is 8.11. The van der Waals surface area contributed by atoms with Crippen LogP contribution in [-0.2, 0) is 17.7 Å². The number of hydrogen-bond donors (Lipinski definition) is 0. The zero-order valence-corrected chi connectivity index (χ0v) is 24.0. The molecule has 204 valence electrons. The second-order valence-electron chi connectivity index (χ2n) is 10.3. The molecule has 0 radical (unpaired) electrons. The first-order chi connectivity index (χ1) is 18.5. The van der Waals surface area contributed by atoms with E-state index in [0.29, 0.717) is 22.2 Å². The third-order valence-electron chi connectivity index (χ3n) is 7.83. The Hall–Kier alpha value is -1.74. The van der Waals surface area contributed by atoms with Crippen molar-refractivity contribution < 1.29 is 9.53 Å². The van der Waals surface area contributed by atoms with Crippen molar-refractivity contribution in [1.29, 1.82) is 0 Å². The van der Waals surface area contributed by atoms with E-state index >= 15 is 0 Å². The van der Waals surface area contributed by atoms with E-state index in [9.17, 15) is 9.59 Å². The molecule has 0 aliphatic carbocycles. The molecule has 2 aromatic carbocycles. The number of unbranched alkanes of at least 4 members (excludes halogenated alkanes) is 1. The van der Waals surface area contributed by atoms with Gasteiger partial charge in [-0.1, -0.05) is 40.6 Å². The van der Waals surface area contributed by atoms with Crippen LogP contribution < -0.4 is 4.87 Å². The Kier molecular flexibility index (Phi) is 9.57. The number of nitrogens with zero attached hydrogens (tertiary/aromatic N) is 3. The lowest BCUT2D eigenvalue weighted by molar-refractivity contribution is 0.0372. The molecule has 2 fully saturated rings. The number of rotatable bonds is 10. The topological polar surface area (TPSA) is 54.8 Å². The fraction of sp³-hybridized carbons (Fsp3) is 0.517. The molecule has 38 heavy (non-hydrogen) atoms. The van der Waals surface area contributed by atoms with Crippen LogP contribution in [0.5, 0.6) is 0 Å². The number of benzene rings is 2. The molecular weight excluding hydrogens is 541 g/mol. The SMILES string of the molecule is O=C(c1ccc(Cl)c(Cl)c1)C1CCN(CCn2c(=O)sc3cc(CCCCN4CCOCC4)ccc32)CC1. The van der Waals surface area contributed by atoms with Crippen LogP contribution in [0.4, 0.5) is 0 Å². The van der Waals surface area contributed by atoms with Gasteiger partial charge in [-0.15, -0.1) is 0 Å². The summed E-state index contributed by atoms with van der Waals surface area (Å²) < 4.78 is 8.41. The monoisotopic (exact) mass is 575 g/mol. The molecule has 2 saturated heterocycles. The van der Waals surface area contributed by atoms with Gasteiger partial charge in [0.1, 0.15) is 0 Å². The molecule has 2 aliphatic heterocycles. The molecule has 1 aromatic heterocycles. The van der Waals surface area contributed by atoms with Gasteiger partial charge in [0.2, 0.25) is 0 Å². The Morgan fingerprint density at radius 3 is 2.42 bits per heavy atom. The van der Waals surface area contributed by atoms with E-state index in [1.165, 1.54) is 23.3 Å². The lowest BCUT2D eigenvalue weighted by atomic mass is 9.89. The fourth-order valence-corrected chi connectivity index (χ4v) is 6.79. The molecule has 0 bridgehead atoms. The lowest BCUT2D eigenvalue weighted by Gasteiger charge is -2.31. The molecule has 0 unspecified atom stereocenters. The second kappa shape index (κ2) is 13.1. The highest BCUT2D eigenvalue weighted by Crippen LogP contribution is 2.27. The van der Waals surface area contributed by atoms with Gasteiger partial charge in [0.05, 0.1) is 33.5 Å². The minimum Gasteiger partial charge on any atom is -0.379 e. The highest BCUT2D eigenvalue weighted by atomic mass is 35.5. The summed E-state index contributed by atoms with van der Waals surface area (Å²) in [6.07, 6.45) is 5.01. The number of likely N-dealkylation sites (tertiary alicyclic amines) is 1. The van der Waals surface area contributed by atoms with Crippen LogP contribution in [0, 0.1) is 5.92 Å². The van der Waals surface area contributed by atoms with E-state index in [0.717, 1.165) is 88.4 Å². The number of carbonyl (C=O) groups is 1. The number of piperidine rings is 1. The molecule has 0 atom stereocenters. The van der Waals surface area contributed by atoms with Gasteiger partial charge in [0.25, 0.3) is 0 Å². The number of carbonyl (C=O) groups excluding carboxylic acids is 1. The van der Waals surface area contributed by atoms with E-state index in [4.69, 9.17) is 27.9 Å². The van der Waals surface area contributed by atoms with E-state index in [1.54, 1.807) is 18.2 Å². The first-order valence-corrected chi connectivity index (χ1v) is 15.2. The molecule has 3 aromatic rings. The minimum absolute atomic E-state index is 0.000447. The number of aryl methyl sites for hydroxylation is 1. The normalized spacial score (nSPS) is 17.8. The van der Waals surface area contributed by atoms with Crippen molar-refractivity contribution in [2.24, 2.45) is 5.92 Å². The second-order valence-corrected chi connectivity index (χ2v) is 12.1. The van der Waals surface area contributed by atoms with Crippen LogP contribution in [0.25, 0.3) is 10.2 Å². The summed E-state index contributed by atoms with van der Waals surface area (Å²) in [5.74, 6) is 0.139. The van der Waals surface area contributed by atoms with Gasteiger partial charge in [0, 0.05) is 37.7 Å². The number of hydrogen-bond acceptors (Lipinski definition) is 6. The summed E-state index contributed by atoms with van der Waals surface area (Å²) in [6, 6.07) is 11.6. The predicted molar refractivity (Wildman–Crippen MR) is 156 cm³/mol. The Balaban J connectivity index is 1.10. The number of Topliss-reactive ketones (excluding diaryl/α,β-unsaturated/α-hetero) is 1. The number of morpholine rings is 1. The summed E-state index contributed by atoms with van der Waals surface area (Å²) in [4.78, 5) is 30.7. The van der Waals surface area contributed by atoms with Crippen molar-refractivity contribution in [3.05, 3.63) is 67.2 Å². The Morgan fingerprint density at radius 1 is 0.895 bits per heavy atom. The number of ketones is 1. The first kappa shape index (κ1) is 27.8. The van der Waals surface area contributed by atoms with Crippen LogP contribution in [-0.4, -0.2) is 72.6 Å². The van der Waals surface area contributed by atoms with Gasteiger partial charge in [0.15, 0.2) is 5.78 Å². The fourth-order valence-electron chi connectivity index (χ4n) is 5.51. The zero-order chi connectivity index (χ0) is 26.5. The highest BCUT2D eigenvalue weighted by Gasteiger charge is 2.26. The lowest BCUT2D eigenvalue weighted by Crippen LogP contribution is -2.38. The summed E-state index contributed by atoms with van der Waals surface area (Å²) in [7, 11) is 0. The van der Waals surface area contributed by atoms with Crippen LogP contribution in [0.15, 0.2) is 41.2 Å². The molecule has 6 nitrogen and oxygen atoms in total. The molecule has 2 aliphatic rings. The average Bonchev–Trinajstić information content (AvgIpc) is 3.26. The molecule has 0 amide bonds. The van der Waals surface area contributed by atoms with Crippen molar-refractivity contribution in [3.8, 4) is 0 Å². The van der Waals surface area contributed by atoms with Gasteiger partial charge in [-0.25, -0.2) is 0 Å². The largest absolute Gasteiger partial charge is 0.379 e. The number of fused-ring (bicyclic) bond motifs is 1. The van der Waals surface area contributed by atoms with Crippen LogP contribution in [0.3, 0.4) is 0 Å². The first-order valence-electron chi connectivity index (χ1n) is 13.6. The Bertz CT molecular complexity index is 1310. The van der Waals surface area contributed by atoms with E-state index in [1.807, 2.05) is 4.57 Å². The molecule has 3 heterocycles. The Morgan fingerprint density at radius 2 is 1.66 bits per heavy atom. The maximum absolute atomic E-state index is 12.9. The van der Waals surface area contributed by atoms with Crippen molar-refractivity contribution in [2.75, 3.05) is 52.5 Å². The molecule has 0 N–H and O–H groups in total. The molecule has 5 rings (SSSR count). The predicted octanol–water partition coefficient (Wildman–Crippen LogP) is 5.62. The van der Waals surface area contributed by atoms with Gasteiger partial charge in [-0.3, -0.25) is 19.1 Å². The van der Waals surface area contributed by atoms with Gasteiger partial charge in [-0.05, 0) is 87.6 Å². The van der Waals surface area contributed by atoms with E-state index < -0.39 is 0 Å². The minimum atomic E-state index is 0.000447. The standard InChI is InChI=1S/C29H35Cl2N3O3S/c30-24-6-5-23(20-25(24)31)28(35)22-8-11-33(12-9-22)13-14-34-26-7-4-21(19-27(26)38-29(34)36)3-1-2-10-32-15-17-37-18-16-32/h4-7,19-20,22H,1-3,8-18H2. The van der Waals surface area contributed by atoms with Crippen molar-refractivity contribution >= 4 is 50.5 Å². The quantitative estimate of drug-likeness (QED) is 0.232. The van der Waals surface area contributed by atoms with Crippen molar-refractivity contribution in [1.82, 2.24) is 14.4 Å². The molecular formula is C29H35Cl2N3O3S. The highest BCUT2D eigenvalue weighted by molar-refractivity contribution is 7.16. The van der Waals surface area contributed by atoms with E-state index in [-0.39, 0.29) is 16.6 Å². The summed E-state index contributed by atoms with van der Waals surface area (Å²) in [5, 5.41) is 0.879. The van der Waals surface area contributed by atoms with Gasteiger partial charge < -0.3 is 9.64 Å². The molecule has 0 saturated carbocycles. The average molecular weight is 577 g/mol. The van der Waals surface area contributed by atoms with Gasteiger partial charge in [-0.2, -0.15) is 0 Å². The van der Waals surface area contributed by atoms with Crippen molar-refractivity contribution in [2.45, 2.75) is 38.6 Å². The third kappa shape index (κ3) is 6.87. The maximum Gasteiger partial charge on any atom is 0.308 e. The smallest absolute Gasteiger partial charge is 0.308 e. The summed E-state index contributed by atoms with van der Waals surface area (Å²) >= 11 is 13.4. The van der Waals surface area contributed by atoms with Crippen LogP contribution in [0.2, 0.25) is 10.0 Å². The molecule has 9 heteroatoms. The van der Waals surface area contributed by atoms with Gasteiger partial charge >= 0.3 is 4.87 Å². The van der Waals surface area contributed by atoms with Crippen LogP contribution in [0.1, 0.15) is 41.6 Å². The summed E-state index contributed by atoms with van der Waals surface area (Å²) in [5.41, 5.74) is 2.97. The Labute approximate surface area is 238 Å².